The maximum absolute atomic E-state index is 11.0. The van der Waals surface area contributed by atoms with Gasteiger partial charge in [0.05, 0.1) is 0 Å². The molecule has 0 aromatic rings. The smallest absolute Gasteiger partial charge is 0.315 e. The standard InChI is InChI=1S/C6H10N2O2.C2H6/c1-3-8-4-5(9)7(2)6(8)10;1-2/h3-4H2,1-2H3;1-2H3. The van der Waals surface area contributed by atoms with Gasteiger partial charge in [-0.15, -0.1) is 0 Å². The Hall–Kier alpha value is -1.06. The fourth-order valence-corrected chi connectivity index (χ4v) is 0.903. The number of hydrogen-bond acceptors (Lipinski definition) is 2. The summed E-state index contributed by atoms with van der Waals surface area (Å²) >= 11 is 0. The van der Waals surface area contributed by atoms with Crippen LogP contribution < -0.4 is 0 Å². The molecule has 1 rings (SSSR count). The van der Waals surface area contributed by atoms with E-state index in [1.807, 2.05) is 20.8 Å². The number of amides is 3. The van der Waals surface area contributed by atoms with Gasteiger partial charge in [-0.05, 0) is 6.92 Å². The van der Waals surface area contributed by atoms with Crippen LogP contribution in [0.1, 0.15) is 20.8 Å². The van der Waals surface area contributed by atoms with Gasteiger partial charge in [-0.25, -0.2) is 4.79 Å². The Morgan fingerprint density at radius 1 is 1.33 bits per heavy atom. The summed E-state index contributed by atoms with van der Waals surface area (Å²) in [6.45, 7) is 6.70. The molecule has 3 amide bonds. The van der Waals surface area contributed by atoms with E-state index in [2.05, 4.69) is 0 Å². The highest BCUT2D eigenvalue weighted by Crippen LogP contribution is 2.05. The van der Waals surface area contributed by atoms with E-state index in [9.17, 15) is 9.59 Å². The Kier molecular flexibility index (Phi) is 4.33. The lowest BCUT2D eigenvalue weighted by atomic mass is 10.5. The van der Waals surface area contributed by atoms with E-state index in [0.29, 0.717) is 6.54 Å². The summed E-state index contributed by atoms with van der Waals surface area (Å²) in [6.07, 6.45) is 0. The molecule has 0 aromatic heterocycles. The third-order valence-electron chi connectivity index (χ3n) is 1.64. The Bertz CT molecular complexity index is 180. The lowest BCUT2D eigenvalue weighted by molar-refractivity contribution is -0.124. The van der Waals surface area contributed by atoms with Gasteiger partial charge >= 0.3 is 6.03 Å². The van der Waals surface area contributed by atoms with E-state index in [4.69, 9.17) is 0 Å². The van der Waals surface area contributed by atoms with Gasteiger partial charge in [0.15, 0.2) is 0 Å². The molecule has 0 atom stereocenters. The minimum Gasteiger partial charge on any atom is -0.315 e. The van der Waals surface area contributed by atoms with Crippen molar-refractivity contribution in [1.82, 2.24) is 9.80 Å². The average molecular weight is 172 g/mol. The minimum atomic E-state index is -0.187. The summed E-state index contributed by atoms with van der Waals surface area (Å²) in [5, 5.41) is 0. The number of urea groups is 1. The van der Waals surface area contributed by atoms with Gasteiger partial charge in [-0.3, -0.25) is 9.69 Å². The number of imide groups is 1. The van der Waals surface area contributed by atoms with Crippen LogP contribution in [0, 0.1) is 0 Å². The second-order valence-corrected chi connectivity index (χ2v) is 2.25. The van der Waals surface area contributed by atoms with E-state index in [1.165, 1.54) is 11.9 Å². The van der Waals surface area contributed by atoms with Crippen LogP contribution in [0.15, 0.2) is 0 Å². The molecule has 1 fully saturated rings. The molecule has 0 radical (unpaired) electrons. The van der Waals surface area contributed by atoms with Crippen molar-refractivity contribution in [1.29, 1.82) is 0 Å². The molecule has 70 valence electrons. The predicted octanol–water partition coefficient (Wildman–Crippen LogP) is 0.927. The molecule has 4 heteroatoms. The summed E-state index contributed by atoms with van der Waals surface area (Å²) in [7, 11) is 1.50. The summed E-state index contributed by atoms with van der Waals surface area (Å²) in [5.74, 6) is -0.119. The number of hydrogen-bond donors (Lipinski definition) is 0. The number of carbonyl (C=O) groups excluding carboxylic acids is 2. The first-order valence-electron chi connectivity index (χ1n) is 4.22. The topological polar surface area (TPSA) is 40.6 Å². The number of nitrogens with zero attached hydrogens (tertiary/aromatic N) is 2. The zero-order chi connectivity index (χ0) is 9.72. The van der Waals surface area contributed by atoms with Crippen molar-refractivity contribution in [2.24, 2.45) is 0 Å². The maximum atomic E-state index is 11.0. The van der Waals surface area contributed by atoms with E-state index in [1.54, 1.807) is 0 Å². The van der Waals surface area contributed by atoms with Crippen LogP contribution >= 0.6 is 0 Å². The molecule has 0 bridgehead atoms. The molecular formula is C8H16N2O2. The number of carbonyl (C=O) groups is 2. The first-order valence-corrected chi connectivity index (χ1v) is 4.22. The molecule has 1 aliphatic rings. The third-order valence-corrected chi connectivity index (χ3v) is 1.64. The molecule has 1 saturated heterocycles. The Morgan fingerprint density at radius 3 is 2.00 bits per heavy atom. The van der Waals surface area contributed by atoms with Crippen LogP contribution in [0.3, 0.4) is 0 Å². The van der Waals surface area contributed by atoms with Gasteiger partial charge in [-0.2, -0.15) is 0 Å². The zero-order valence-corrected chi connectivity index (χ0v) is 8.13. The molecule has 1 heterocycles. The normalized spacial score (nSPS) is 16.3. The zero-order valence-electron chi connectivity index (χ0n) is 8.13. The highest BCUT2D eigenvalue weighted by Gasteiger charge is 2.31. The summed E-state index contributed by atoms with van der Waals surface area (Å²) < 4.78 is 0. The van der Waals surface area contributed by atoms with Gasteiger partial charge in [0, 0.05) is 13.6 Å². The van der Waals surface area contributed by atoms with Gasteiger partial charge in [0.2, 0.25) is 5.91 Å². The molecule has 4 nitrogen and oxygen atoms in total. The maximum Gasteiger partial charge on any atom is 0.326 e. The van der Waals surface area contributed by atoms with Gasteiger partial charge in [0.1, 0.15) is 6.54 Å². The second kappa shape index (κ2) is 4.74. The highest BCUT2D eigenvalue weighted by molar-refractivity contribution is 6.01. The van der Waals surface area contributed by atoms with Crippen LogP contribution in [-0.2, 0) is 4.79 Å². The second-order valence-electron chi connectivity index (χ2n) is 2.25. The largest absolute Gasteiger partial charge is 0.326 e. The summed E-state index contributed by atoms with van der Waals surface area (Å²) in [4.78, 5) is 24.4. The molecule has 0 saturated carbocycles. The van der Waals surface area contributed by atoms with Crippen molar-refractivity contribution in [2.45, 2.75) is 20.8 Å². The SMILES string of the molecule is CC.CCN1CC(=O)N(C)C1=O. The molecule has 0 aromatic carbocycles. The van der Waals surface area contributed by atoms with E-state index >= 15 is 0 Å². The van der Waals surface area contributed by atoms with Crippen molar-refractivity contribution in [3.05, 3.63) is 0 Å². The molecule has 0 unspecified atom stereocenters. The van der Waals surface area contributed by atoms with E-state index in [0.717, 1.165) is 4.90 Å². The van der Waals surface area contributed by atoms with Crippen LogP contribution in [0.2, 0.25) is 0 Å². The predicted molar refractivity (Wildman–Crippen MR) is 46.8 cm³/mol. The van der Waals surface area contributed by atoms with Crippen molar-refractivity contribution in [2.75, 3.05) is 20.1 Å². The lowest BCUT2D eigenvalue weighted by Gasteiger charge is -2.10. The molecular weight excluding hydrogens is 156 g/mol. The van der Waals surface area contributed by atoms with Crippen molar-refractivity contribution in [3.63, 3.8) is 0 Å². The van der Waals surface area contributed by atoms with E-state index < -0.39 is 0 Å². The number of likely N-dealkylation sites (N-methyl/N-ethyl adjacent to an activating group) is 2. The first kappa shape index (κ1) is 10.9. The van der Waals surface area contributed by atoms with Gasteiger partial charge in [0.25, 0.3) is 0 Å². The monoisotopic (exact) mass is 172 g/mol. The van der Waals surface area contributed by atoms with Crippen molar-refractivity contribution in [3.8, 4) is 0 Å². The Morgan fingerprint density at radius 2 is 1.83 bits per heavy atom. The van der Waals surface area contributed by atoms with Crippen molar-refractivity contribution >= 4 is 11.9 Å². The number of rotatable bonds is 1. The molecule has 1 aliphatic heterocycles. The fraction of sp³-hybridized carbons (Fsp3) is 0.750. The average Bonchev–Trinajstić information content (AvgIpc) is 2.36. The van der Waals surface area contributed by atoms with Crippen molar-refractivity contribution < 1.29 is 9.59 Å². The van der Waals surface area contributed by atoms with Crippen LogP contribution in [-0.4, -0.2) is 41.9 Å². The lowest BCUT2D eigenvalue weighted by Crippen LogP contribution is -2.29. The quantitative estimate of drug-likeness (QED) is 0.552. The third kappa shape index (κ3) is 1.96. The minimum absolute atomic E-state index is 0.119. The van der Waals surface area contributed by atoms with Crippen LogP contribution in [0.25, 0.3) is 0 Å². The molecule has 12 heavy (non-hydrogen) atoms. The molecule has 0 N–H and O–H groups in total. The van der Waals surface area contributed by atoms with Gasteiger partial charge in [-0.1, -0.05) is 13.8 Å². The molecule has 0 spiro atoms. The van der Waals surface area contributed by atoms with Crippen LogP contribution in [0.4, 0.5) is 4.79 Å². The fourth-order valence-electron chi connectivity index (χ4n) is 0.903. The molecule has 0 aliphatic carbocycles. The summed E-state index contributed by atoms with van der Waals surface area (Å²) in [5.41, 5.74) is 0. The first-order chi connectivity index (χ1) is 5.66. The Labute approximate surface area is 73.1 Å². The van der Waals surface area contributed by atoms with E-state index in [-0.39, 0.29) is 18.5 Å². The Balaban J connectivity index is 0.000000561. The van der Waals surface area contributed by atoms with Gasteiger partial charge < -0.3 is 4.90 Å². The highest BCUT2D eigenvalue weighted by atomic mass is 16.2. The summed E-state index contributed by atoms with van der Waals surface area (Å²) in [6, 6.07) is -0.187. The van der Waals surface area contributed by atoms with Crippen LogP contribution in [0.5, 0.6) is 0 Å².